The average Bonchev–Trinajstić information content (AvgIpc) is 2.29. The Morgan fingerprint density at radius 3 is 2.53 bits per heavy atom. The summed E-state index contributed by atoms with van der Waals surface area (Å²) in [6.45, 7) is 5.86. The van der Waals surface area contributed by atoms with E-state index in [2.05, 4.69) is 15.3 Å². The van der Waals surface area contributed by atoms with Crippen LogP contribution in [0.3, 0.4) is 0 Å². The number of azide groups is 1. The van der Waals surface area contributed by atoms with Crippen molar-refractivity contribution in [2.45, 2.75) is 32.8 Å². The second-order valence-electron chi connectivity index (χ2n) is 5.03. The molecule has 102 valence electrons. The number of hydrogen-bond acceptors (Lipinski definition) is 3. The molecule has 0 heterocycles. The first-order valence-electron chi connectivity index (χ1n) is 6.00. The molecular formula is C13H18N4O2. The Labute approximate surface area is 112 Å². The molecule has 19 heavy (non-hydrogen) atoms. The highest BCUT2D eigenvalue weighted by Crippen LogP contribution is 2.13. The zero-order valence-corrected chi connectivity index (χ0v) is 11.4. The smallest absolute Gasteiger partial charge is 0.412 e. The summed E-state index contributed by atoms with van der Waals surface area (Å²) in [5, 5.41) is 6.12. The molecule has 0 radical (unpaired) electrons. The van der Waals surface area contributed by atoms with E-state index >= 15 is 0 Å². The third kappa shape index (κ3) is 6.33. The highest BCUT2D eigenvalue weighted by atomic mass is 16.6. The topological polar surface area (TPSA) is 87.1 Å². The summed E-state index contributed by atoms with van der Waals surface area (Å²) in [7, 11) is 0. The Balaban J connectivity index is 2.52. The maximum Gasteiger partial charge on any atom is 0.412 e. The van der Waals surface area contributed by atoms with Gasteiger partial charge in [-0.2, -0.15) is 0 Å². The van der Waals surface area contributed by atoms with Gasteiger partial charge in [0.15, 0.2) is 0 Å². The Morgan fingerprint density at radius 2 is 2.00 bits per heavy atom. The lowest BCUT2D eigenvalue weighted by molar-refractivity contribution is 0.0636. The van der Waals surface area contributed by atoms with Crippen LogP contribution >= 0.6 is 0 Å². The van der Waals surface area contributed by atoms with Gasteiger partial charge in [0.2, 0.25) is 0 Å². The van der Waals surface area contributed by atoms with Gasteiger partial charge >= 0.3 is 6.09 Å². The minimum atomic E-state index is -0.515. The summed E-state index contributed by atoms with van der Waals surface area (Å²) < 4.78 is 5.15. The first-order valence-corrected chi connectivity index (χ1v) is 6.00. The van der Waals surface area contributed by atoms with Crippen LogP contribution in [-0.4, -0.2) is 18.2 Å². The van der Waals surface area contributed by atoms with E-state index in [1.807, 2.05) is 32.9 Å². The number of anilines is 1. The highest BCUT2D eigenvalue weighted by Gasteiger charge is 2.15. The van der Waals surface area contributed by atoms with Crippen LogP contribution in [0.2, 0.25) is 0 Å². The van der Waals surface area contributed by atoms with Crippen molar-refractivity contribution in [3.8, 4) is 0 Å². The Kier molecular flexibility index (Phi) is 5.21. The fourth-order valence-electron chi connectivity index (χ4n) is 1.40. The molecule has 1 amide bonds. The largest absolute Gasteiger partial charge is 0.444 e. The summed E-state index contributed by atoms with van der Waals surface area (Å²) in [4.78, 5) is 14.2. The lowest BCUT2D eigenvalue weighted by Gasteiger charge is -2.19. The van der Waals surface area contributed by atoms with E-state index in [0.29, 0.717) is 18.7 Å². The molecule has 1 rings (SSSR count). The fourth-order valence-corrected chi connectivity index (χ4v) is 1.40. The van der Waals surface area contributed by atoms with E-state index in [9.17, 15) is 4.79 Å². The predicted octanol–water partition coefficient (Wildman–Crippen LogP) is 3.89. The van der Waals surface area contributed by atoms with Crippen LogP contribution in [0.5, 0.6) is 0 Å². The van der Waals surface area contributed by atoms with Crippen molar-refractivity contribution >= 4 is 11.8 Å². The first-order chi connectivity index (χ1) is 8.90. The fraction of sp³-hybridized carbons (Fsp3) is 0.462. The zero-order valence-electron chi connectivity index (χ0n) is 11.4. The molecule has 0 aliphatic rings. The van der Waals surface area contributed by atoms with Crippen molar-refractivity contribution in [3.05, 3.63) is 40.3 Å². The molecule has 0 aromatic heterocycles. The minimum Gasteiger partial charge on any atom is -0.444 e. The van der Waals surface area contributed by atoms with Gasteiger partial charge in [0.25, 0.3) is 0 Å². The monoisotopic (exact) mass is 262 g/mol. The third-order valence-electron chi connectivity index (χ3n) is 2.16. The summed E-state index contributed by atoms with van der Waals surface area (Å²) in [6, 6.07) is 7.32. The van der Waals surface area contributed by atoms with Crippen LogP contribution in [0.25, 0.3) is 10.4 Å². The summed E-state index contributed by atoms with van der Waals surface area (Å²) in [5.41, 5.74) is 9.37. The molecule has 1 N–H and O–H groups in total. The van der Waals surface area contributed by atoms with E-state index in [4.69, 9.17) is 10.3 Å². The standard InChI is InChI=1S/C13H18N4O2/c1-13(2,3)19-12(18)16-11-6-4-10(5-7-11)8-9-15-17-14/h4-7H,8-9H2,1-3H3,(H,16,18). The molecule has 0 unspecified atom stereocenters. The molecule has 0 aliphatic carbocycles. The molecular weight excluding hydrogens is 244 g/mol. The van der Waals surface area contributed by atoms with Gasteiger partial charge in [0, 0.05) is 17.1 Å². The number of hydrogen-bond donors (Lipinski definition) is 1. The SMILES string of the molecule is CC(C)(C)OC(=O)Nc1ccc(CCN=[N+]=[N-])cc1. The molecule has 1 aromatic carbocycles. The molecule has 0 atom stereocenters. The zero-order chi connectivity index (χ0) is 14.3. The van der Waals surface area contributed by atoms with E-state index in [1.165, 1.54) is 0 Å². The number of carbonyl (C=O) groups excluding carboxylic acids is 1. The second-order valence-corrected chi connectivity index (χ2v) is 5.03. The second kappa shape index (κ2) is 6.66. The van der Waals surface area contributed by atoms with Crippen molar-refractivity contribution in [1.82, 2.24) is 0 Å². The Bertz CT molecular complexity index is 470. The van der Waals surface area contributed by atoms with Crippen molar-refractivity contribution in [3.63, 3.8) is 0 Å². The van der Waals surface area contributed by atoms with Crippen LogP contribution in [0.15, 0.2) is 29.4 Å². The van der Waals surface area contributed by atoms with Gasteiger partial charge < -0.3 is 4.74 Å². The van der Waals surface area contributed by atoms with Crippen molar-refractivity contribution in [1.29, 1.82) is 0 Å². The maximum absolute atomic E-state index is 11.5. The quantitative estimate of drug-likeness (QED) is 0.507. The van der Waals surface area contributed by atoms with Crippen LogP contribution in [0.4, 0.5) is 10.5 Å². The van der Waals surface area contributed by atoms with Crippen molar-refractivity contribution in [2.24, 2.45) is 5.11 Å². The predicted molar refractivity (Wildman–Crippen MR) is 74.0 cm³/mol. The molecule has 1 aromatic rings. The number of ether oxygens (including phenoxy) is 1. The van der Waals surface area contributed by atoms with Gasteiger partial charge in [-0.15, -0.1) is 0 Å². The number of carbonyl (C=O) groups is 1. The Morgan fingerprint density at radius 1 is 1.37 bits per heavy atom. The van der Waals surface area contributed by atoms with E-state index in [-0.39, 0.29) is 0 Å². The van der Waals surface area contributed by atoms with Gasteiger partial charge in [0.1, 0.15) is 5.60 Å². The third-order valence-corrected chi connectivity index (χ3v) is 2.16. The van der Waals surface area contributed by atoms with Crippen LogP contribution in [-0.2, 0) is 11.2 Å². The van der Waals surface area contributed by atoms with Gasteiger partial charge in [-0.25, -0.2) is 4.79 Å². The molecule has 0 spiro atoms. The molecule has 0 bridgehead atoms. The number of nitrogens with one attached hydrogen (secondary N) is 1. The lowest BCUT2D eigenvalue weighted by atomic mass is 10.1. The van der Waals surface area contributed by atoms with Gasteiger partial charge in [-0.3, -0.25) is 5.32 Å². The molecule has 0 saturated carbocycles. The summed E-state index contributed by atoms with van der Waals surface area (Å²) in [5.74, 6) is 0. The molecule has 0 fully saturated rings. The molecule has 0 aliphatic heterocycles. The summed E-state index contributed by atoms with van der Waals surface area (Å²) >= 11 is 0. The van der Waals surface area contributed by atoms with Gasteiger partial charge in [-0.1, -0.05) is 17.2 Å². The minimum absolute atomic E-state index is 0.426. The normalized spacial score (nSPS) is 10.5. The van der Waals surface area contributed by atoms with E-state index in [0.717, 1.165) is 5.56 Å². The lowest BCUT2D eigenvalue weighted by Crippen LogP contribution is -2.27. The van der Waals surface area contributed by atoms with Gasteiger partial charge in [-0.05, 0) is 50.4 Å². The molecule has 0 saturated heterocycles. The number of benzene rings is 1. The van der Waals surface area contributed by atoms with Crippen LogP contribution < -0.4 is 5.32 Å². The van der Waals surface area contributed by atoms with Crippen molar-refractivity contribution < 1.29 is 9.53 Å². The maximum atomic E-state index is 11.5. The molecule has 6 heteroatoms. The summed E-state index contributed by atoms with van der Waals surface area (Å²) in [6.07, 6.45) is 0.200. The average molecular weight is 262 g/mol. The van der Waals surface area contributed by atoms with Crippen molar-refractivity contribution in [2.75, 3.05) is 11.9 Å². The highest BCUT2D eigenvalue weighted by molar-refractivity contribution is 5.84. The van der Waals surface area contributed by atoms with E-state index in [1.54, 1.807) is 12.1 Å². The molecule has 6 nitrogen and oxygen atoms in total. The number of rotatable bonds is 4. The van der Waals surface area contributed by atoms with E-state index < -0.39 is 11.7 Å². The first kappa shape index (κ1) is 14.9. The van der Waals surface area contributed by atoms with Gasteiger partial charge in [0.05, 0.1) is 0 Å². The van der Waals surface area contributed by atoms with Crippen LogP contribution in [0.1, 0.15) is 26.3 Å². The number of nitrogens with zero attached hydrogens (tertiary/aromatic N) is 3. The Hall–Kier alpha value is -2.20. The van der Waals surface area contributed by atoms with Crippen LogP contribution in [0, 0.1) is 0 Å². The number of amides is 1.